The number of pyridine rings is 1. The molecule has 0 aliphatic rings. The standard InChI is InChI=1S/C27H20F2N6O3S/c28-20-4-1-14(7-21(20)29)10-33-26(36)19-9-16(27(37)38)11-31-25(19)32-12-17-3-6-23(39-17)15-2-5-22-18(8-15)24(30)35-13-34-22/h1-9,11,13H,10,12H2,(H,31,32)(H,33,36)(H,37,38)(H2,30,34,35). The summed E-state index contributed by atoms with van der Waals surface area (Å²) in [5.41, 5.74) is 7.85. The number of anilines is 2. The maximum atomic E-state index is 13.5. The zero-order chi connectivity index (χ0) is 27.5. The molecule has 2 aromatic carbocycles. The lowest BCUT2D eigenvalue weighted by Crippen LogP contribution is -2.25. The number of nitrogens with one attached hydrogen (secondary N) is 2. The third-order valence-electron chi connectivity index (χ3n) is 5.86. The number of aromatic carboxylic acids is 1. The summed E-state index contributed by atoms with van der Waals surface area (Å²) in [7, 11) is 0. The first-order chi connectivity index (χ1) is 18.8. The van der Waals surface area contributed by atoms with Gasteiger partial charge in [0, 0.05) is 27.9 Å². The summed E-state index contributed by atoms with van der Waals surface area (Å²) in [5.74, 6) is -3.33. The topological polar surface area (TPSA) is 143 Å². The number of carbonyl (C=O) groups is 2. The number of hydrogen-bond donors (Lipinski definition) is 4. The number of benzene rings is 2. The molecule has 0 bridgehead atoms. The number of amides is 1. The van der Waals surface area contributed by atoms with E-state index in [2.05, 4.69) is 25.6 Å². The van der Waals surface area contributed by atoms with Crippen LogP contribution in [0.4, 0.5) is 20.4 Å². The van der Waals surface area contributed by atoms with E-state index in [1.165, 1.54) is 29.8 Å². The monoisotopic (exact) mass is 546 g/mol. The number of halogens is 2. The quantitative estimate of drug-likeness (QED) is 0.216. The van der Waals surface area contributed by atoms with Crippen LogP contribution in [0.1, 0.15) is 31.2 Å². The van der Waals surface area contributed by atoms with Crippen LogP contribution in [-0.4, -0.2) is 31.9 Å². The van der Waals surface area contributed by atoms with Gasteiger partial charge in [-0.15, -0.1) is 11.3 Å². The number of hydrogen-bond acceptors (Lipinski definition) is 8. The largest absolute Gasteiger partial charge is 0.478 e. The average Bonchev–Trinajstić information content (AvgIpc) is 3.41. The Bertz CT molecular complexity index is 1730. The molecule has 1 amide bonds. The molecule has 0 spiro atoms. The number of nitrogens with two attached hydrogens (primary N) is 1. The molecule has 196 valence electrons. The Morgan fingerprint density at radius 3 is 2.59 bits per heavy atom. The van der Waals surface area contributed by atoms with Crippen molar-refractivity contribution in [3.63, 3.8) is 0 Å². The summed E-state index contributed by atoms with van der Waals surface area (Å²) in [4.78, 5) is 38.7. The summed E-state index contributed by atoms with van der Waals surface area (Å²) >= 11 is 1.52. The minimum Gasteiger partial charge on any atom is -0.478 e. The van der Waals surface area contributed by atoms with Crippen LogP contribution in [0.15, 0.2) is 67.1 Å². The Labute approximate surface area is 224 Å². The fourth-order valence-corrected chi connectivity index (χ4v) is 4.80. The molecule has 0 unspecified atom stereocenters. The van der Waals surface area contributed by atoms with Crippen molar-refractivity contribution < 1.29 is 23.5 Å². The molecule has 0 fully saturated rings. The third kappa shape index (κ3) is 5.65. The van der Waals surface area contributed by atoms with Crippen molar-refractivity contribution in [3.05, 3.63) is 100 Å². The highest BCUT2D eigenvalue weighted by atomic mass is 32.1. The van der Waals surface area contributed by atoms with Gasteiger partial charge in [0.1, 0.15) is 18.0 Å². The molecule has 9 nitrogen and oxygen atoms in total. The molecule has 0 saturated carbocycles. The van der Waals surface area contributed by atoms with Crippen molar-refractivity contribution in [1.82, 2.24) is 20.3 Å². The molecule has 0 saturated heterocycles. The van der Waals surface area contributed by atoms with Crippen molar-refractivity contribution in [2.24, 2.45) is 0 Å². The van der Waals surface area contributed by atoms with Gasteiger partial charge in [0.2, 0.25) is 0 Å². The van der Waals surface area contributed by atoms with E-state index in [4.69, 9.17) is 5.73 Å². The number of aromatic nitrogens is 3. The van der Waals surface area contributed by atoms with Gasteiger partial charge in [0.05, 0.1) is 23.2 Å². The first-order valence-corrected chi connectivity index (χ1v) is 12.4. The second kappa shape index (κ2) is 10.8. The zero-order valence-electron chi connectivity index (χ0n) is 20.1. The predicted molar refractivity (Wildman–Crippen MR) is 143 cm³/mol. The molecule has 39 heavy (non-hydrogen) atoms. The van der Waals surface area contributed by atoms with E-state index in [1.807, 2.05) is 30.3 Å². The van der Waals surface area contributed by atoms with Crippen molar-refractivity contribution in [3.8, 4) is 10.4 Å². The first-order valence-electron chi connectivity index (χ1n) is 11.6. The van der Waals surface area contributed by atoms with Gasteiger partial charge < -0.3 is 21.5 Å². The molecule has 5 aromatic rings. The van der Waals surface area contributed by atoms with E-state index in [9.17, 15) is 23.5 Å². The fourth-order valence-electron chi connectivity index (χ4n) is 3.85. The number of carboxylic acid groups (broad SMARTS) is 1. The number of thiophene rings is 1. The van der Waals surface area contributed by atoms with E-state index in [0.29, 0.717) is 17.9 Å². The van der Waals surface area contributed by atoms with Gasteiger partial charge in [-0.05, 0) is 53.6 Å². The van der Waals surface area contributed by atoms with E-state index in [-0.39, 0.29) is 23.5 Å². The normalized spacial score (nSPS) is 10.9. The molecular formula is C27H20F2N6O3S. The third-order valence-corrected chi connectivity index (χ3v) is 6.99. The van der Waals surface area contributed by atoms with Crippen LogP contribution in [0, 0.1) is 11.6 Å². The second-order valence-corrected chi connectivity index (χ2v) is 9.64. The van der Waals surface area contributed by atoms with Gasteiger partial charge in [0.15, 0.2) is 11.6 Å². The molecule has 12 heteroatoms. The molecule has 3 aromatic heterocycles. The first kappa shape index (κ1) is 25.7. The minimum atomic E-state index is -1.24. The highest BCUT2D eigenvalue weighted by Crippen LogP contribution is 2.31. The molecular weight excluding hydrogens is 526 g/mol. The Kier molecular flexibility index (Phi) is 7.10. The number of fused-ring (bicyclic) bond motifs is 1. The zero-order valence-corrected chi connectivity index (χ0v) is 20.9. The van der Waals surface area contributed by atoms with Crippen LogP contribution >= 0.6 is 11.3 Å². The second-order valence-electron chi connectivity index (χ2n) is 8.47. The van der Waals surface area contributed by atoms with Crippen LogP contribution in [-0.2, 0) is 13.1 Å². The number of carboxylic acids is 1. The SMILES string of the molecule is Nc1ncnc2ccc(-c3ccc(CNc4ncc(C(=O)O)cc4C(=O)NCc4ccc(F)c(F)c4)s3)cc12. The van der Waals surface area contributed by atoms with E-state index >= 15 is 0 Å². The predicted octanol–water partition coefficient (Wildman–Crippen LogP) is 4.85. The lowest BCUT2D eigenvalue weighted by atomic mass is 10.1. The maximum absolute atomic E-state index is 13.5. The lowest BCUT2D eigenvalue weighted by molar-refractivity contribution is 0.0696. The van der Waals surface area contributed by atoms with E-state index in [1.54, 1.807) is 0 Å². The summed E-state index contributed by atoms with van der Waals surface area (Å²) in [6.07, 6.45) is 2.57. The van der Waals surface area contributed by atoms with Crippen LogP contribution in [0.5, 0.6) is 0 Å². The number of rotatable bonds is 8. The summed E-state index contributed by atoms with van der Waals surface area (Å²) in [5, 5.41) is 15.8. The number of carbonyl (C=O) groups excluding carboxylic acids is 1. The Hall–Kier alpha value is -4.97. The lowest BCUT2D eigenvalue weighted by Gasteiger charge is -2.12. The Morgan fingerprint density at radius 1 is 0.949 bits per heavy atom. The number of nitrogens with zero attached hydrogens (tertiary/aromatic N) is 3. The maximum Gasteiger partial charge on any atom is 0.337 e. The number of nitrogen functional groups attached to an aromatic ring is 1. The van der Waals surface area contributed by atoms with Gasteiger partial charge in [-0.25, -0.2) is 28.5 Å². The minimum absolute atomic E-state index is 0.000678. The fraction of sp³-hybridized carbons (Fsp3) is 0.0741. The Morgan fingerprint density at radius 2 is 1.79 bits per heavy atom. The van der Waals surface area contributed by atoms with Crippen molar-refractivity contribution in [2.75, 3.05) is 11.1 Å². The van der Waals surface area contributed by atoms with Gasteiger partial charge in [-0.2, -0.15) is 0 Å². The molecule has 0 atom stereocenters. The van der Waals surface area contributed by atoms with E-state index < -0.39 is 23.5 Å². The van der Waals surface area contributed by atoms with Gasteiger partial charge in [-0.3, -0.25) is 4.79 Å². The smallest absolute Gasteiger partial charge is 0.337 e. The van der Waals surface area contributed by atoms with Crippen molar-refractivity contribution in [2.45, 2.75) is 13.1 Å². The summed E-state index contributed by atoms with van der Waals surface area (Å²) in [6, 6.07) is 14.1. The molecule has 0 radical (unpaired) electrons. The van der Waals surface area contributed by atoms with Gasteiger partial charge in [0.25, 0.3) is 5.91 Å². The van der Waals surface area contributed by atoms with E-state index in [0.717, 1.165) is 44.6 Å². The molecule has 0 aliphatic carbocycles. The molecule has 5 rings (SSSR count). The Balaban J connectivity index is 1.33. The molecule has 0 aliphatic heterocycles. The van der Waals surface area contributed by atoms with Crippen molar-refractivity contribution in [1.29, 1.82) is 0 Å². The van der Waals surface area contributed by atoms with Crippen LogP contribution in [0.25, 0.3) is 21.3 Å². The van der Waals surface area contributed by atoms with Crippen molar-refractivity contribution >= 4 is 45.8 Å². The van der Waals surface area contributed by atoms with Crippen LogP contribution in [0.3, 0.4) is 0 Å². The summed E-state index contributed by atoms with van der Waals surface area (Å²) < 4.78 is 26.7. The van der Waals surface area contributed by atoms with Gasteiger partial charge in [-0.1, -0.05) is 12.1 Å². The average molecular weight is 547 g/mol. The van der Waals surface area contributed by atoms with Crippen LogP contribution < -0.4 is 16.4 Å². The molecule has 5 N–H and O–H groups in total. The summed E-state index contributed by atoms with van der Waals surface area (Å²) in [6.45, 7) is 0.217. The van der Waals surface area contributed by atoms with Gasteiger partial charge >= 0.3 is 5.97 Å². The van der Waals surface area contributed by atoms with Crippen LogP contribution in [0.2, 0.25) is 0 Å². The highest BCUT2D eigenvalue weighted by Gasteiger charge is 2.17. The molecule has 3 heterocycles. The highest BCUT2D eigenvalue weighted by molar-refractivity contribution is 7.15.